The van der Waals surface area contributed by atoms with Crippen LogP contribution in [-0.4, -0.2) is 42.1 Å². The Labute approximate surface area is 171 Å². The molecular weight excluding hydrogens is 392 g/mol. The number of benzene rings is 2. The molecule has 2 aromatic carbocycles. The average molecular weight is 410 g/mol. The van der Waals surface area contributed by atoms with Gasteiger partial charge < -0.3 is 14.6 Å². The van der Waals surface area contributed by atoms with Gasteiger partial charge in [0.2, 0.25) is 0 Å². The van der Waals surface area contributed by atoms with E-state index in [9.17, 15) is 19.2 Å². The van der Waals surface area contributed by atoms with Crippen molar-refractivity contribution in [3.05, 3.63) is 59.7 Å². The number of hydrogen-bond acceptors (Lipinski definition) is 6. The molecule has 1 fully saturated rings. The molecule has 9 heteroatoms. The molecular formula is C21H18N2O7. The van der Waals surface area contributed by atoms with Crippen LogP contribution in [0, 0.1) is 0 Å². The van der Waals surface area contributed by atoms with Crippen LogP contribution >= 0.6 is 0 Å². The molecule has 2 N–H and O–H groups in total. The van der Waals surface area contributed by atoms with Crippen molar-refractivity contribution in [3.8, 4) is 11.5 Å². The summed E-state index contributed by atoms with van der Waals surface area (Å²) in [6.45, 7) is 1.49. The van der Waals surface area contributed by atoms with E-state index in [1.165, 1.54) is 24.3 Å². The number of amides is 4. The molecule has 1 aliphatic heterocycles. The van der Waals surface area contributed by atoms with Crippen LogP contribution in [0.5, 0.6) is 11.5 Å². The van der Waals surface area contributed by atoms with E-state index in [0.717, 1.165) is 4.90 Å². The summed E-state index contributed by atoms with van der Waals surface area (Å²) in [5.41, 5.74) is 0.521. The van der Waals surface area contributed by atoms with Crippen LogP contribution in [0.3, 0.4) is 0 Å². The van der Waals surface area contributed by atoms with E-state index >= 15 is 0 Å². The van der Waals surface area contributed by atoms with Crippen LogP contribution in [0.4, 0.5) is 10.5 Å². The van der Waals surface area contributed by atoms with Crippen molar-refractivity contribution < 1.29 is 33.8 Å². The third-order valence-electron chi connectivity index (χ3n) is 4.05. The van der Waals surface area contributed by atoms with E-state index in [1.54, 1.807) is 37.3 Å². The fourth-order valence-corrected chi connectivity index (χ4v) is 2.78. The second kappa shape index (κ2) is 8.91. The number of carboxylic acids is 1. The summed E-state index contributed by atoms with van der Waals surface area (Å²) in [4.78, 5) is 48.9. The first-order chi connectivity index (χ1) is 14.4. The molecule has 0 atom stereocenters. The Morgan fingerprint density at radius 2 is 1.80 bits per heavy atom. The van der Waals surface area contributed by atoms with Gasteiger partial charge >= 0.3 is 12.0 Å². The maximum Gasteiger partial charge on any atom is 0.341 e. The summed E-state index contributed by atoms with van der Waals surface area (Å²) in [7, 11) is 0. The lowest BCUT2D eigenvalue weighted by atomic mass is 10.1. The second-order valence-electron chi connectivity index (χ2n) is 6.12. The Kier molecular flexibility index (Phi) is 6.11. The van der Waals surface area contributed by atoms with E-state index in [2.05, 4.69) is 5.32 Å². The molecule has 1 saturated heterocycles. The normalized spacial score (nSPS) is 15.2. The van der Waals surface area contributed by atoms with Crippen LogP contribution in [0.1, 0.15) is 12.5 Å². The summed E-state index contributed by atoms with van der Waals surface area (Å²) >= 11 is 0. The summed E-state index contributed by atoms with van der Waals surface area (Å²) in [5, 5.41) is 10.9. The quantitative estimate of drug-likeness (QED) is 0.530. The molecule has 154 valence electrons. The number of aliphatic carboxylic acids is 1. The molecule has 0 spiro atoms. The zero-order chi connectivity index (χ0) is 21.7. The van der Waals surface area contributed by atoms with Crippen LogP contribution in [-0.2, 0) is 14.4 Å². The molecule has 0 unspecified atom stereocenters. The molecule has 2 aromatic rings. The van der Waals surface area contributed by atoms with Gasteiger partial charge in [-0.25, -0.2) is 14.5 Å². The Morgan fingerprint density at radius 3 is 2.47 bits per heavy atom. The molecule has 0 aliphatic carbocycles. The van der Waals surface area contributed by atoms with Crippen molar-refractivity contribution in [1.29, 1.82) is 0 Å². The highest BCUT2D eigenvalue weighted by Crippen LogP contribution is 2.30. The van der Waals surface area contributed by atoms with Gasteiger partial charge in [0.05, 0.1) is 12.3 Å². The maximum absolute atomic E-state index is 12.9. The standard InChI is InChI=1S/C21H18N2O7/c1-2-29-17-11-13(8-9-16(17)30-12-18(24)25)10-15-19(26)22-21(28)23(20(15)27)14-6-4-3-5-7-14/h3-11H,2,12H2,1H3,(H,24,25)(H,22,26,28). The number of nitrogens with one attached hydrogen (secondary N) is 1. The van der Waals surface area contributed by atoms with Gasteiger partial charge in [0.1, 0.15) is 5.57 Å². The highest BCUT2D eigenvalue weighted by atomic mass is 16.5. The van der Waals surface area contributed by atoms with E-state index in [0.29, 0.717) is 17.9 Å². The molecule has 1 heterocycles. The van der Waals surface area contributed by atoms with Crippen LogP contribution in [0.25, 0.3) is 6.08 Å². The highest BCUT2D eigenvalue weighted by Gasteiger charge is 2.36. The lowest BCUT2D eigenvalue weighted by Gasteiger charge is -2.26. The molecule has 0 radical (unpaired) electrons. The third-order valence-corrected chi connectivity index (χ3v) is 4.05. The summed E-state index contributed by atoms with van der Waals surface area (Å²) in [6.07, 6.45) is 1.32. The van der Waals surface area contributed by atoms with Gasteiger partial charge in [-0.05, 0) is 42.8 Å². The SMILES string of the molecule is CCOc1cc(C=C2C(=O)NC(=O)N(c3ccccc3)C2=O)ccc1OCC(=O)O. The number of carboxylic acid groups (broad SMARTS) is 1. The molecule has 4 amide bonds. The van der Waals surface area contributed by atoms with E-state index in [4.69, 9.17) is 14.6 Å². The summed E-state index contributed by atoms with van der Waals surface area (Å²) in [5.74, 6) is -2.26. The van der Waals surface area contributed by atoms with Crippen LogP contribution in [0.15, 0.2) is 54.1 Å². The van der Waals surface area contributed by atoms with Crippen molar-refractivity contribution in [1.82, 2.24) is 5.32 Å². The minimum atomic E-state index is -1.14. The predicted octanol–water partition coefficient (Wildman–Crippen LogP) is 2.22. The minimum Gasteiger partial charge on any atom is -0.490 e. The topological polar surface area (TPSA) is 122 Å². The maximum atomic E-state index is 12.9. The molecule has 30 heavy (non-hydrogen) atoms. The molecule has 1 aliphatic rings. The first-order valence-corrected chi connectivity index (χ1v) is 8.98. The Hall–Kier alpha value is -4.14. The summed E-state index contributed by atoms with van der Waals surface area (Å²) in [6, 6.07) is 11.9. The number of rotatable bonds is 7. The lowest BCUT2D eigenvalue weighted by Crippen LogP contribution is -2.54. The zero-order valence-corrected chi connectivity index (χ0v) is 16.0. The van der Waals surface area contributed by atoms with Crippen LogP contribution in [0.2, 0.25) is 0 Å². The van der Waals surface area contributed by atoms with Gasteiger partial charge in [0.15, 0.2) is 18.1 Å². The van der Waals surface area contributed by atoms with E-state index in [-0.39, 0.29) is 17.1 Å². The Bertz CT molecular complexity index is 1030. The number of barbiturate groups is 1. The number of urea groups is 1. The predicted molar refractivity (Wildman–Crippen MR) is 106 cm³/mol. The first kappa shape index (κ1) is 20.6. The molecule has 3 rings (SSSR count). The number of imide groups is 2. The first-order valence-electron chi connectivity index (χ1n) is 8.98. The second-order valence-corrected chi connectivity index (χ2v) is 6.12. The summed E-state index contributed by atoms with van der Waals surface area (Å²) < 4.78 is 10.6. The molecule has 9 nitrogen and oxygen atoms in total. The van der Waals surface area contributed by atoms with Crippen LogP contribution < -0.4 is 19.7 Å². The number of anilines is 1. The largest absolute Gasteiger partial charge is 0.490 e. The minimum absolute atomic E-state index is 0.210. The number of nitrogens with zero attached hydrogens (tertiary/aromatic N) is 1. The molecule has 0 bridgehead atoms. The third kappa shape index (κ3) is 4.46. The van der Waals surface area contributed by atoms with Gasteiger partial charge in [-0.2, -0.15) is 0 Å². The Balaban J connectivity index is 1.95. The van der Waals surface area contributed by atoms with Gasteiger partial charge in [-0.15, -0.1) is 0 Å². The molecule has 0 aromatic heterocycles. The molecule has 0 saturated carbocycles. The van der Waals surface area contributed by atoms with Crippen molar-refractivity contribution in [2.24, 2.45) is 0 Å². The van der Waals surface area contributed by atoms with E-state index in [1.807, 2.05) is 0 Å². The monoisotopic (exact) mass is 410 g/mol. The van der Waals surface area contributed by atoms with Gasteiger partial charge in [-0.3, -0.25) is 14.9 Å². The number of carbonyl (C=O) groups is 4. The Morgan fingerprint density at radius 1 is 1.07 bits per heavy atom. The average Bonchev–Trinajstić information content (AvgIpc) is 2.71. The van der Waals surface area contributed by atoms with Crippen molar-refractivity contribution in [2.75, 3.05) is 18.1 Å². The smallest absolute Gasteiger partial charge is 0.341 e. The highest BCUT2D eigenvalue weighted by molar-refractivity contribution is 6.39. The van der Waals surface area contributed by atoms with Gasteiger partial charge in [0, 0.05) is 0 Å². The zero-order valence-electron chi connectivity index (χ0n) is 16.0. The van der Waals surface area contributed by atoms with Gasteiger partial charge in [-0.1, -0.05) is 24.3 Å². The van der Waals surface area contributed by atoms with E-state index < -0.39 is 30.4 Å². The number of para-hydroxylation sites is 1. The number of ether oxygens (including phenoxy) is 2. The lowest BCUT2D eigenvalue weighted by molar-refractivity contribution is -0.139. The van der Waals surface area contributed by atoms with Crippen molar-refractivity contribution >= 4 is 35.6 Å². The number of hydrogen-bond donors (Lipinski definition) is 2. The van der Waals surface area contributed by atoms with Crippen molar-refractivity contribution in [2.45, 2.75) is 6.92 Å². The van der Waals surface area contributed by atoms with Gasteiger partial charge in [0.25, 0.3) is 11.8 Å². The fourth-order valence-electron chi connectivity index (χ4n) is 2.78. The number of carbonyl (C=O) groups excluding carboxylic acids is 3. The fraction of sp³-hybridized carbons (Fsp3) is 0.143. The van der Waals surface area contributed by atoms with Crippen molar-refractivity contribution in [3.63, 3.8) is 0 Å².